The maximum absolute atomic E-state index is 12.8. The first-order chi connectivity index (χ1) is 15.2. The number of rotatable bonds is 11. The van der Waals surface area contributed by atoms with E-state index in [1.807, 2.05) is 24.3 Å². The fourth-order valence-electron chi connectivity index (χ4n) is 3.22. The van der Waals surface area contributed by atoms with Crippen molar-refractivity contribution >= 4 is 34.6 Å². The van der Waals surface area contributed by atoms with Gasteiger partial charge in [0.1, 0.15) is 18.1 Å². The van der Waals surface area contributed by atoms with Crippen LogP contribution in [0.3, 0.4) is 0 Å². The standard InChI is InChI=1S/C21H29N5O6/c1-11(2)18(26-19(29)16(10-27)24-17(28)8-22)20(30)25-15(21(31)32)7-12-9-23-14-6-4-3-5-13(12)14/h3-6,9,11,15-16,18,23,27H,7-8,10,22H2,1-2H3,(H,24,28)(H,25,30)(H,26,29)(H,31,32). The van der Waals surface area contributed by atoms with Gasteiger partial charge >= 0.3 is 5.97 Å². The third-order valence-electron chi connectivity index (χ3n) is 4.98. The van der Waals surface area contributed by atoms with Gasteiger partial charge in [0.2, 0.25) is 17.7 Å². The second-order valence-corrected chi connectivity index (χ2v) is 7.70. The van der Waals surface area contributed by atoms with Crippen molar-refractivity contribution in [3.8, 4) is 0 Å². The van der Waals surface area contributed by atoms with Crippen molar-refractivity contribution in [3.63, 3.8) is 0 Å². The van der Waals surface area contributed by atoms with Gasteiger partial charge in [-0.25, -0.2) is 4.79 Å². The lowest BCUT2D eigenvalue weighted by Gasteiger charge is -2.26. The lowest BCUT2D eigenvalue weighted by molar-refractivity contribution is -0.142. The second kappa shape index (κ2) is 11.3. The van der Waals surface area contributed by atoms with E-state index in [1.54, 1.807) is 20.0 Å². The summed E-state index contributed by atoms with van der Waals surface area (Å²) < 4.78 is 0. The van der Waals surface area contributed by atoms with Crippen molar-refractivity contribution < 1.29 is 29.4 Å². The maximum atomic E-state index is 12.8. The van der Waals surface area contributed by atoms with E-state index in [-0.39, 0.29) is 13.0 Å². The van der Waals surface area contributed by atoms with Crippen molar-refractivity contribution in [2.75, 3.05) is 13.2 Å². The Morgan fingerprint density at radius 2 is 1.72 bits per heavy atom. The van der Waals surface area contributed by atoms with Crippen molar-refractivity contribution in [2.24, 2.45) is 11.7 Å². The molecule has 1 aromatic heterocycles. The number of hydrogen-bond donors (Lipinski definition) is 7. The summed E-state index contributed by atoms with van der Waals surface area (Å²) in [6.07, 6.45) is 1.73. The molecule has 0 aliphatic heterocycles. The molecule has 0 spiro atoms. The smallest absolute Gasteiger partial charge is 0.326 e. The Morgan fingerprint density at radius 3 is 2.31 bits per heavy atom. The van der Waals surface area contributed by atoms with Crippen LogP contribution in [0.4, 0.5) is 0 Å². The number of para-hydroxylation sites is 1. The molecule has 1 heterocycles. The van der Waals surface area contributed by atoms with E-state index in [2.05, 4.69) is 20.9 Å². The van der Waals surface area contributed by atoms with Gasteiger partial charge in [-0.05, 0) is 17.5 Å². The van der Waals surface area contributed by atoms with E-state index in [0.29, 0.717) is 0 Å². The van der Waals surface area contributed by atoms with Crippen molar-refractivity contribution in [1.82, 2.24) is 20.9 Å². The molecule has 8 N–H and O–H groups in total. The summed E-state index contributed by atoms with van der Waals surface area (Å²) in [5.41, 5.74) is 6.77. The number of hydrogen-bond acceptors (Lipinski definition) is 6. The Hall–Kier alpha value is -3.44. The molecule has 2 rings (SSSR count). The SMILES string of the molecule is CC(C)C(NC(=O)C(CO)NC(=O)CN)C(=O)NC(Cc1c[nH]c2ccccc12)C(=O)O. The Morgan fingerprint density at radius 1 is 1.03 bits per heavy atom. The first-order valence-corrected chi connectivity index (χ1v) is 10.2. The normalized spacial score (nSPS) is 13.9. The van der Waals surface area contributed by atoms with E-state index >= 15 is 0 Å². The molecule has 3 amide bonds. The van der Waals surface area contributed by atoms with E-state index in [1.165, 1.54) is 0 Å². The van der Waals surface area contributed by atoms with Crippen LogP contribution in [0, 0.1) is 5.92 Å². The molecule has 1 aromatic carbocycles. The summed E-state index contributed by atoms with van der Waals surface area (Å²) in [5.74, 6) is -3.74. The number of aliphatic carboxylic acids is 1. The molecule has 3 atom stereocenters. The van der Waals surface area contributed by atoms with Gasteiger partial charge in [0.15, 0.2) is 0 Å². The number of carbonyl (C=O) groups excluding carboxylic acids is 3. The highest BCUT2D eigenvalue weighted by atomic mass is 16.4. The Bertz CT molecular complexity index is 972. The monoisotopic (exact) mass is 447 g/mol. The summed E-state index contributed by atoms with van der Waals surface area (Å²) in [5, 5.41) is 27.1. The summed E-state index contributed by atoms with van der Waals surface area (Å²) in [6, 6.07) is 3.79. The fraction of sp³-hybridized carbons (Fsp3) is 0.429. The molecular weight excluding hydrogens is 418 g/mol. The highest BCUT2D eigenvalue weighted by molar-refractivity contribution is 5.94. The first kappa shape index (κ1) is 24.8. The molecule has 3 unspecified atom stereocenters. The van der Waals surface area contributed by atoms with Gasteiger partial charge in [-0.3, -0.25) is 14.4 Å². The van der Waals surface area contributed by atoms with Crippen LogP contribution in [-0.4, -0.2) is 70.2 Å². The number of aliphatic hydroxyl groups is 1. The Kier molecular flexibility index (Phi) is 8.73. The molecule has 0 saturated heterocycles. The van der Waals surface area contributed by atoms with Gasteiger partial charge < -0.3 is 36.9 Å². The van der Waals surface area contributed by atoms with Crippen LogP contribution in [-0.2, 0) is 25.6 Å². The minimum atomic E-state index is -1.29. The largest absolute Gasteiger partial charge is 0.480 e. The lowest BCUT2D eigenvalue weighted by atomic mass is 10.0. The number of nitrogens with two attached hydrogens (primary N) is 1. The third kappa shape index (κ3) is 6.28. The summed E-state index contributed by atoms with van der Waals surface area (Å²) in [6.45, 7) is 2.28. The van der Waals surface area contributed by atoms with Gasteiger partial charge in [-0.2, -0.15) is 0 Å². The lowest BCUT2D eigenvalue weighted by Crippen LogP contribution is -2.58. The summed E-state index contributed by atoms with van der Waals surface area (Å²) in [4.78, 5) is 51.6. The van der Waals surface area contributed by atoms with E-state index < -0.39 is 54.3 Å². The highest BCUT2D eigenvalue weighted by Gasteiger charge is 2.31. The minimum Gasteiger partial charge on any atom is -0.480 e. The number of aliphatic hydroxyl groups excluding tert-OH is 1. The average Bonchev–Trinajstić information content (AvgIpc) is 3.17. The minimum absolute atomic E-state index is 0.0374. The highest BCUT2D eigenvalue weighted by Crippen LogP contribution is 2.19. The summed E-state index contributed by atoms with van der Waals surface area (Å²) in [7, 11) is 0. The number of aromatic nitrogens is 1. The van der Waals surface area contributed by atoms with Gasteiger partial charge in [0.25, 0.3) is 0 Å². The molecule has 0 bridgehead atoms. The van der Waals surface area contributed by atoms with Crippen LogP contribution < -0.4 is 21.7 Å². The zero-order valence-corrected chi connectivity index (χ0v) is 17.9. The number of aromatic amines is 1. The van der Waals surface area contributed by atoms with Gasteiger partial charge in [-0.1, -0.05) is 32.0 Å². The van der Waals surface area contributed by atoms with E-state index in [4.69, 9.17) is 5.73 Å². The van der Waals surface area contributed by atoms with Gasteiger partial charge in [-0.15, -0.1) is 0 Å². The topological polar surface area (TPSA) is 187 Å². The molecule has 0 fully saturated rings. The predicted molar refractivity (Wildman–Crippen MR) is 116 cm³/mol. The van der Waals surface area contributed by atoms with Crippen LogP contribution in [0.5, 0.6) is 0 Å². The number of fused-ring (bicyclic) bond motifs is 1. The number of H-pyrrole nitrogens is 1. The molecule has 174 valence electrons. The van der Waals surface area contributed by atoms with Gasteiger partial charge in [0.05, 0.1) is 13.2 Å². The molecule has 0 saturated carbocycles. The van der Waals surface area contributed by atoms with Crippen LogP contribution in [0.2, 0.25) is 0 Å². The molecule has 2 aromatic rings. The van der Waals surface area contributed by atoms with Crippen molar-refractivity contribution in [1.29, 1.82) is 0 Å². The maximum Gasteiger partial charge on any atom is 0.326 e. The number of benzene rings is 1. The number of carbonyl (C=O) groups is 4. The predicted octanol–water partition coefficient (Wildman–Crippen LogP) is -1.14. The van der Waals surface area contributed by atoms with Gasteiger partial charge in [0, 0.05) is 23.5 Å². The van der Waals surface area contributed by atoms with Crippen molar-refractivity contribution in [3.05, 3.63) is 36.0 Å². The van der Waals surface area contributed by atoms with Crippen LogP contribution in [0.25, 0.3) is 10.9 Å². The molecule has 11 heteroatoms. The Balaban J connectivity index is 2.12. The molecule has 0 aliphatic rings. The zero-order chi connectivity index (χ0) is 23.8. The van der Waals surface area contributed by atoms with Crippen LogP contribution in [0.1, 0.15) is 19.4 Å². The third-order valence-corrected chi connectivity index (χ3v) is 4.98. The number of nitrogens with one attached hydrogen (secondary N) is 4. The van der Waals surface area contributed by atoms with E-state index in [0.717, 1.165) is 16.5 Å². The average molecular weight is 447 g/mol. The molecule has 11 nitrogen and oxygen atoms in total. The number of carboxylic acid groups (broad SMARTS) is 1. The van der Waals surface area contributed by atoms with E-state index in [9.17, 15) is 29.4 Å². The quantitative estimate of drug-likeness (QED) is 0.227. The first-order valence-electron chi connectivity index (χ1n) is 10.2. The fourth-order valence-corrected chi connectivity index (χ4v) is 3.22. The van der Waals surface area contributed by atoms with Crippen LogP contribution >= 0.6 is 0 Å². The molecule has 32 heavy (non-hydrogen) atoms. The Labute approximate surface area is 184 Å². The summed E-state index contributed by atoms with van der Waals surface area (Å²) >= 11 is 0. The van der Waals surface area contributed by atoms with Crippen LogP contribution in [0.15, 0.2) is 30.5 Å². The number of amides is 3. The molecule has 0 radical (unpaired) electrons. The molecular formula is C21H29N5O6. The zero-order valence-electron chi connectivity index (χ0n) is 17.9. The number of carboxylic acids is 1. The van der Waals surface area contributed by atoms with Crippen molar-refractivity contribution in [2.45, 2.75) is 38.4 Å². The second-order valence-electron chi connectivity index (χ2n) is 7.70. The molecule has 0 aliphatic carbocycles.